The van der Waals surface area contributed by atoms with Crippen LogP contribution in [0, 0.1) is 0 Å². The standard InChI is InChI=1S/C18H23NO3/c1-4-17(19)18(20,13-9-5-7-11-15(13)21-2)14-10-6-8-12-16(14)22-3/h5-12,17,20H,4,19H2,1-3H3. The number of aliphatic hydroxyl groups is 1. The van der Waals surface area contributed by atoms with Crippen molar-refractivity contribution in [3.05, 3.63) is 59.7 Å². The summed E-state index contributed by atoms with van der Waals surface area (Å²) in [5.41, 5.74) is 6.18. The molecule has 2 rings (SSSR count). The quantitative estimate of drug-likeness (QED) is 0.861. The van der Waals surface area contributed by atoms with Crippen molar-refractivity contribution in [3.8, 4) is 11.5 Å². The molecule has 22 heavy (non-hydrogen) atoms. The third-order valence-corrected chi connectivity index (χ3v) is 4.01. The molecule has 0 fully saturated rings. The largest absolute Gasteiger partial charge is 0.496 e. The van der Waals surface area contributed by atoms with Gasteiger partial charge in [0.1, 0.15) is 17.1 Å². The summed E-state index contributed by atoms with van der Waals surface area (Å²) < 4.78 is 10.8. The van der Waals surface area contributed by atoms with E-state index < -0.39 is 11.6 Å². The van der Waals surface area contributed by atoms with Crippen LogP contribution in [0.4, 0.5) is 0 Å². The van der Waals surface area contributed by atoms with Crippen molar-refractivity contribution in [3.63, 3.8) is 0 Å². The van der Waals surface area contributed by atoms with E-state index in [-0.39, 0.29) is 0 Å². The Balaban J connectivity index is 2.73. The normalized spacial score (nSPS) is 12.8. The molecule has 0 heterocycles. The van der Waals surface area contributed by atoms with Gasteiger partial charge in [0.25, 0.3) is 0 Å². The van der Waals surface area contributed by atoms with Crippen molar-refractivity contribution in [1.29, 1.82) is 0 Å². The van der Waals surface area contributed by atoms with Gasteiger partial charge in [-0.15, -0.1) is 0 Å². The highest BCUT2D eigenvalue weighted by atomic mass is 16.5. The van der Waals surface area contributed by atoms with E-state index in [1.165, 1.54) is 0 Å². The summed E-state index contributed by atoms with van der Waals surface area (Å²) in [7, 11) is 3.16. The number of benzene rings is 2. The summed E-state index contributed by atoms with van der Waals surface area (Å²) >= 11 is 0. The number of para-hydroxylation sites is 2. The molecule has 1 atom stereocenters. The molecule has 0 aliphatic rings. The second-order valence-corrected chi connectivity index (χ2v) is 5.18. The second-order valence-electron chi connectivity index (χ2n) is 5.18. The lowest BCUT2D eigenvalue weighted by Crippen LogP contribution is -2.46. The second kappa shape index (κ2) is 6.81. The Hall–Kier alpha value is -2.04. The van der Waals surface area contributed by atoms with Gasteiger partial charge < -0.3 is 20.3 Å². The Morgan fingerprint density at radius 3 is 1.73 bits per heavy atom. The van der Waals surface area contributed by atoms with E-state index in [9.17, 15) is 5.11 Å². The Labute approximate surface area is 131 Å². The Morgan fingerprint density at radius 2 is 1.36 bits per heavy atom. The lowest BCUT2D eigenvalue weighted by atomic mass is 9.78. The Morgan fingerprint density at radius 1 is 0.955 bits per heavy atom. The van der Waals surface area contributed by atoms with Gasteiger partial charge in [0, 0.05) is 17.2 Å². The lowest BCUT2D eigenvalue weighted by Gasteiger charge is -2.36. The van der Waals surface area contributed by atoms with Gasteiger partial charge in [-0.2, -0.15) is 0 Å². The molecule has 2 aromatic rings. The Bertz CT molecular complexity index is 580. The van der Waals surface area contributed by atoms with E-state index in [1.807, 2.05) is 55.5 Å². The van der Waals surface area contributed by atoms with Crippen LogP contribution in [0.15, 0.2) is 48.5 Å². The summed E-state index contributed by atoms with van der Waals surface area (Å²) in [6.45, 7) is 1.94. The highest BCUT2D eigenvalue weighted by molar-refractivity contribution is 5.50. The first-order valence-electron chi connectivity index (χ1n) is 7.34. The SMILES string of the molecule is CCC(N)C(O)(c1ccccc1OC)c1ccccc1OC. The molecule has 4 heteroatoms. The maximum Gasteiger partial charge on any atom is 0.137 e. The van der Waals surface area contributed by atoms with Gasteiger partial charge in [0.2, 0.25) is 0 Å². The zero-order valence-electron chi connectivity index (χ0n) is 13.2. The van der Waals surface area contributed by atoms with E-state index in [1.54, 1.807) is 14.2 Å². The fraction of sp³-hybridized carbons (Fsp3) is 0.333. The van der Waals surface area contributed by atoms with Crippen LogP contribution in [0.5, 0.6) is 11.5 Å². The number of nitrogens with two attached hydrogens (primary N) is 1. The van der Waals surface area contributed by atoms with Crippen LogP contribution in [0.25, 0.3) is 0 Å². The van der Waals surface area contributed by atoms with Crippen molar-refractivity contribution in [2.24, 2.45) is 5.73 Å². The molecule has 0 aliphatic carbocycles. The van der Waals surface area contributed by atoms with E-state index in [2.05, 4.69) is 0 Å². The fourth-order valence-corrected chi connectivity index (χ4v) is 2.76. The number of ether oxygens (including phenoxy) is 2. The van der Waals surface area contributed by atoms with E-state index in [4.69, 9.17) is 15.2 Å². The van der Waals surface area contributed by atoms with Crippen molar-refractivity contribution in [2.45, 2.75) is 25.0 Å². The van der Waals surface area contributed by atoms with Gasteiger partial charge in [-0.3, -0.25) is 0 Å². The number of methoxy groups -OCH3 is 2. The van der Waals surface area contributed by atoms with Crippen LogP contribution in [-0.4, -0.2) is 25.4 Å². The third-order valence-electron chi connectivity index (χ3n) is 4.01. The van der Waals surface area contributed by atoms with Crippen molar-refractivity contribution in [2.75, 3.05) is 14.2 Å². The molecule has 2 aromatic carbocycles. The molecule has 0 aromatic heterocycles. The molecule has 0 radical (unpaired) electrons. The summed E-state index contributed by atoms with van der Waals surface area (Å²) in [4.78, 5) is 0. The molecule has 118 valence electrons. The van der Waals surface area contributed by atoms with Crippen LogP contribution >= 0.6 is 0 Å². The first-order chi connectivity index (χ1) is 10.6. The van der Waals surface area contributed by atoms with Gasteiger partial charge in [0.15, 0.2) is 0 Å². The van der Waals surface area contributed by atoms with Gasteiger partial charge in [-0.05, 0) is 18.6 Å². The number of hydrogen-bond donors (Lipinski definition) is 2. The molecule has 4 nitrogen and oxygen atoms in total. The third kappa shape index (κ3) is 2.67. The smallest absolute Gasteiger partial charge is 0.137 e. The van der Waals surface area contributed by atoms with Gasteiger partial charge in [-0.1, -0.05) is 43.3 Å². The first-order valence-corrected chi connectivity index (χ1v) is 7.34. The molecule has 0 saturated carbocycles. The molecule has 0 bridgehead atoms. The van der Waals surface area contributed by atoms with Gasteiger partial charge in [0.05, 0.1) is 14.2 Å². The highest BCUT2D eigenvalue weighted by Gasteiger charge is 2.41. The number of rotatable bonds is 6. The van der Waals surface area contributed by atoms with Crippen molar-refractivity contribution in [1.82, 2.24) is 0 Å². The van der Waals surface area contributed by atoms with Crippen LogP contribution in [-0.2, 0) is 5.60 Å². The predicted octanol–water partition coefficient (Wildman–Crippen LogP) is 2.68. The van der Waals surface area contributed by atoms with Crippen LogP contribution in [0.3, 0.4) is 0 Å². The molecular formula is C18H23NO3. The van der Waals surface area contributed by atoms with E-state index >= 15 is 0 Å². The van der Waals surface area contributed by atoms with E-state index in [0.717, 1.165) is 0 Å². The minimum Gasteiger partial charge on any atom is -0.496 e. The first kappa shape index (κ1) is 16.3. The predicted molar refractivity (Wildman–Crippen MR) is 87.3 cm³/mol. The Kier molecular flexibility index (Phi) is 5.06. The summed E-state index contributed by atoms with van der Waals surface area (Å²) in [5, 5.41) is 11.6. The van der Waals surface area contributed by atoms with Crippen LogP contribution in [0.1, 0.15) is 24.5 Å². The topological polar surface area (TPSA) is 64.7 Å². The minimum absolute atomic E-state index is 0.500. The maximum absolute atomic E-state index is 11.6. The lowest BCUT2D eigenvalue weighted by molar-refractivity contribution is 0.0454. The highest BCUT2D eigenvalue weighted by Crippen LogP contribution is 2.42. The van der Waals surface area contributed by atoms with Crippen molar-refractivity contribution >= 4 is 0 Å². The summed E-state index contributed by atoms with van der Waals surface area (Å²) in [5.74, 6) is 1.19. The molecular weight excluding hydrogens is 278 g/mol. The molecule has 0 saturated heterocycles. The van der Waals surface area contributed by atoms with Crippen LogP contribution in [0.2, 0.25) is 0 Å². The van der Waals surface area contributed by atoms with Gasteiger partial charge in [-0.25, -0.2) is 0 Å². The fourth-order valence-electron chi connectivity index (χ4n) is 2.76. The van der Waals surface area contributed by atoms with E-state index in [0.29, 0.717) is 29.0 Å². The molecule has 1 unspecified atom stereocenters. The summed E-state index contributed by atoms with van der Waals surface area (Å²) in [6, 6.07) is 14.3. The van der Waals surface area contributed by atoms with Gasteiger partial charge >= 0.3 is 0 Å². The average Bonchev–Trinajstić information content (AvgIpc) is 2.60. The molecule has 0 spiro atoms. The van der Waals surface area contributed by atoms with Crippen molar-refractivity contribution < 1.29 is 14.6 Å². The monoisotopic (exact) mass is 301 g/mol. The minimum atomic E-state index is -1.39. The zero-order valence-corrected chi connectivity index (χ0v) is 13.2. The molecule has 0 amide bonds. The molecule has 0 aliphatic heterocycles. The summed E-state index contributed by atoms with van der Waals surface area (Å²) in [6.07, 6.45) is 0.604. The molecule has 3 N–H and O–H groups in total. The number of hydrogen-bond acceptors (Lipinski definition) is 4. The zero-order chi connectivity index (χ0) is 16.2. The maximum atomic E-state index is 11.6. The van der Waals surface area contributed by atoms with Crippen LogP contribution < -0.4 is 15.2 Å². The average molecular weight is 301 g/mol.